The molecule has 3 rings (SSSR count). The fourth-order valence-electron chi connectivity index (χ4n) is 1.84. The summed E-state index contributed by atoms with van der Waals surface area (Å²) in [4.78, 5) is 0. The number of anilines is 3. The van der Waals surface area contributed by atoms with Gasteiger partial charge in [0.1, 0.15) is 23.3 Å². The lowest BCUT2D eigenvalue weighted by Gasteiger charge is -1.95. The van der Waals surface area contributed by atoms with Gasteiger partial charge in [0, 0.05) is 25.5 Å². The molecule has 0 aliphatic rings. The van der Waals surface area contributed by atoms with Gasteiger partial charge in [-0.15, -0.1) is 0 Å². The Kier molecular flexibility index (Phi) is 14.6. The van der Waals surface area contributed by atoms with Crippen molar-refractivity contribution < 1.29 is 14.2 Å². The molecule has 2 aromatic carbocycles. The molecule has 0 saturated heterocycles. The van der Waals surface area contributed by atoms with Crippen LogP contribution in [0.1, 0.15) is 17.5 Å². The summed E-state index contributed by atoms with van der Waals surface area (Å²) in [5.74, 6) is -0.266. The van der Waals surface area contributed by atoms with Crippen LogP contribution in [0.15, 0.2) is 55.1 Å². The lowest BCUT2D eigenvalue weighted by molar-refractivity contribution is 0.197. The van der Waals surface area contributed by atoms with Gasteiger partial charge < -0.3 is 32.8 Å². The molecule has 0 aliphatic heterocycles. The van der Waals surface area contributed by atoms with Gasteiger partial charge in [-0.25, -0.2) is 9.49 Å². The Balaban J connectivity index is 0.000000409. The van der Waals surface area contributed by atoms with E-state index in [0.717, 1.165) is 30.8 Å². The normalized spacial score (nSPS) is 8.94. The zero-order valence-electron chi connectivity index (χ0n) is 18.0. The molecule has 9 nitrogen and oxygen atoms in total. The van der Waals surface area contributed by atoms with Crippen LogP contribution in [0.4, 0.5) is 21.6 Å². The van der Waals surface area contributed by atoms with Crippen molar-refractivity contribution in [1.29, 1.82) is 5.26 Å². The highest BCUT2D eigenvalue weighted by atomic mass is 19.1. The largest absolute Gasteiger partial charge is 0.494 e. The summed E-state index contributed by atoms with van der Waals surface area (Å²) in [6.07, 6.45) is 2.76. The Hall–Kier alpha value is -4.07. The Bertz CT molecular complexity index is 913. The van der Waals surface area contributed by atoms with Gasteiger partial charge in [0.15, 0.2) is 0 Å². The van der Waals surface area contributed by atoms with Crippen molar-refractivity contribution in [1.82, 2.24) is 10.2 Å². The molecular weight excluding hydrogens is 413 g/mol. The van der Waals surface area contributed by atoms with Crippen molar-refractivity contribution in [3.63, 3.8) is 0 Å². The van der Waals surface area contributed by atoms with Crippen LogP contribution >= 0.6 is 0 Å². The van der Waals surface area contributed by atoms with E-state index < -0.39 is 5.82 Å². The molecule has 0 spiro atoms. The van der Waals surface area contributed by atoms with E-state index in [1.165, 1.54) is 24.3 Å². The van der Waals surface area contributed by atoms with Gasteiger partial charge in [0.05, 0.1) is 5.69 Å². The Labute approximate surface area is 187 Å². The van der Waals surface area contributed by atoms with E-state index in [0.29, 0.717) is 5.82 Å². The fraction of sp³-hybridized carbons (Fsp3) is 0.182. The maximum atomic E-state index is 12.5. The Morgan fingerprint density at radius 2 is 1.88 bits per heavy atom. The highest BCUT2D eigenvalue weighted by Crippen LogP contribution is 2.13. The van der Waals surface area contributed by atoms with E-state index in [1.54, 1.807) is 19.3 Å². The maximum absolute atomic E-state index is 12.5. The summed E-state index contributed by atoms with van der Waals surface area (Å²) in [5.41, 5.74) is 22.9. The van der Waals surface area contributed by atoms with E-state index in [1.807, 2.05) is 24.3 Å². The Morgan fingerprint density at radius 3 is 2.19 bits per heavy atom. The van der Waals surface area contributed by atoms with Crippen LogP contribution in [0, 0.1) is 17.1 Å². The molecule has 0 aliphatic carbocycles. The van der Waals surface area contributed by atoms with Gasteiger partial charge in [-0.2, -0.15) is 10.4 Å². The predicted molar refractivity (Wildman–Crippen MR) is 127 cm³/mol. The molecule has 0 unspecified atom stereocenters. The average Bonchev–Trinajstić information content (AvgIpc) is 3.17. The minimum atomic E-state index is -0.567. The van der Waals surface area contributed by atoms with Gasteiger partial charge in [-0.3, -0.25) is 0 Å². The number of nitriles is 1. The number of nitrogens with two attached hydrogens (primary N) is 4. The smallest absolute Gasteiger partial charge is 0.208 e. The number of nitrogen functional groups attached to an aromatic ring is 3. The van der Waals surface area contributed by atoms with Gasteiger partial charge in [0.2, 0.25) is 5.88 Å². The third-order valence-corrected chi connectivity index (χ3v) is 3.47. The number of hydrogen-bond donors (Lipinski definition) is 6. The summed E-state index contributed by atoms with van der Waals surface area (Å²) in [7, 11) is 1.68. The zero-order valence-corrected chi connectivity index (χ0v) is 18.0. The SMILES string of the molecule is C=Cc1ccc(N)cc1.COCCCN.N#Cc1c(N)cccc1F.Nc1cc(O)[nH]n1. The second-order valence-corrected chi connectivity index (χ2v) is 6.00. The van der Waals surface area contributed by atoms with Crippen LogP contribution in [0.25, 0.3) is 6.08 Å². The molecule has 3 aromatic rings. The van der Waals surface area contributed by atoms with Crippen LogP contribution in [0.2, 0.25) is 0 Å². The maximum Gasteiger partial charge on any atom is 0.208 e. The lowest BCUT2D eigenvalue weighted by atomic mass is 10.2. The van der Waals surface area contributed by atoms with Crippen molar-refractivity contribution in [2.45, 2.75) is 6.42 Å². The minimum Gasteiger partial charge on any atom is -0.494 e. The fourth-order valence-corrected chi connectivity index (χ4v) is 1.84. The molecule has 0 atom stereocenters. The topological polar surface area (TPSA) is 186 Å². The molecule has 0 radical (unpaired) electrons. The first-order valence-corrected chi connectivity index (χ1v) is 9.39. The molecule has 172 valence electrons. The van der Waals surface area contributed by atoms with E-state index in [-0.39, 0.29) is 17.1 Å². The number of nitrogens with zero attached hydrogens (tertiary/aromatic N) is 2. The number of benzene rings is 2. The summed E-state index contributed by atoms with van der Waals surface area (Å²) < 4.78 is 17.3. The molecule has 0 saturated carbocycles. The number of rotatable bonds is 4. The second kappa shape index (κ2) is 16.7. The average molecular weight is 444 g/mol. The number of aromatic hydroxyl groups is 1. The molecule has 1 aromatic heterocycles. The number of aromatic nitrogens is 2. The van der Waals surface area contributed by atoms with Crippen molar-refractivity contribution in [3.8, 4) is 11.9 Å². The number of ether oxygens (including phenoxy) is 1. The van der Waals surface area contributed by atoms with Crippen LogP contribution in [0.5, 0.6) is 5.88 Å². The van der Waals surface area contributed by atoms with E-state index >= 15 is 0 Å². The monoisotopic (exact) mass is 443 g/mol. The quantitative estimate of drug-likeness (QED) is 0.262. The minimum absolute atomic E-state index is 0.00231. The zero-order chi connectivity index (χ0) is 24.4. The number of aromatic amines is 1. The first-order valence-electron chi connectivity index (χ1n) is 9.39. The second-order valence-electron chi connectivity index (χ2n) is 6.00. The van der Waals surface area contributed by atoms with Crippen molar-refractivity contribution in [3.05, 3.63) is 72.1 Å². The molecule has 32 heavy (non-hydrogen) atoms. The first kappa shape index (κ1) is 27.9. The van der Waals surface area contributed by atoms with E-state index in [9.17, 15) is 4.39 Å². The van der Waals surface area contributed by atoms with Crippen molar-refractivity contribution in [2.24, 2.45) is 5.73 Å². The lowest BCUT2D eigenvalue weighted by Crippen LogP contribution is -2.01. The summed E-state index contributed by atoms with van der Waals surface area (Å²) in [5, 5.41) is 22.5. The summed E-state index contributed by atoms with van der Waals surface area (Å²) >= 11 is 0. The standard InChI is InChI=1S/C8H9N.C7H5FN2.C4H11NO.C3H5N3O/c1-2-7-3-5-8(9)6-4-7;8-6-2-1-3-7(10)5(6)4-9;1-6-4-2-3-5;4-2-1-3(7)6-5-2/h2-6H,1,9H2;1-3H,10H2;2-5H2,1H3;1H,(H4,4,5,6,7). The molecule has 10 heteroatoms. The van der Waals surface area contributed by atoms with E-state index in [2.05, 4.69) is 16.8 Å². The van der Waals surface area contributed by atoms with Gasteiger partial charge in [-0.05, 0) is 42.8 Å². The van der Waals surface area contributed by atoms with Gasteiger partial charge in [-0.1, -0.05) is 30.9 Å². The molecule has 1 heterocycles. The molecule has 0 bridgehead atoms. The predicted octanol–water partition coefficient (Wildman–Crippen LogP) is 2.87. The van der Waals surface area contributed by atoms with Crippen molar-refractivity contribution >= 4 is 23.3 Å². The highest BCUT2D eigenvalue weighted by molar-refractivity contribution is 5.54. The van der Waals surface area contributed by atoms with Crippen LogP contribution in [-0.4, -0.2) is 35.6 Å². The highest BCUT2D eigenvalue weighted by Gasteiger charge is 2.02. The molecule has 0 fully saturated rings. The van der Waals surface area contributed by atoms with Gasteiger partial charge in [0.25, 0.3) is 0 Å². The Morgan fingerprint density at radius 1 is 1.22 bits per heavy atom. The van der Waals surface area contributed by atoms with E-state index in [4.69, 9.17) is 38.0 Å². The number of H-pyrrole nitrogens is 1. The summed E-state index contributed by atoms with van der Waals surface area (Å²) in [6.45, 7) is 5.14. The van der Waals surface area contributed by atoms with Crippen LogP contribution in [-0.2, 0) is 4.74 Å². The van der Waals surface area contributed by atoms with Crippen molar-refractivity contribution in [2.75, 3.05) is 37.5 Å². The summed E-state index contributed by atoms with van der Waals surface area (Å²) in [6, 6.07) is 14.7. The van der Waals surface area contributed by atoms with Crippen LogP contribution in [0.3, 0.4) is 0 Å². The number of halogens is 1. The number of hydrogen-bond acceptors (Lipinski definition) is 8. The number of nitrogens with one attached hydrogen (secondary N) is 1. The first-order chi connectivity index (χ1) is 15.3. The van der Waals surface area contributed by atoms with Gasteiger partial charge >= 0.3 is 0 Å². The van der Waals surface area contributed by atoms with Crippen LogP contribution < -0.4 is 22.9 Å². The third kappa shape index (κ3) is 12.5. The molecule has 0 amide bonds. The third-order valence-electron chi connectivity index (χ3n) is 3.47. The molecular formula is C22H30FN7O2. The molecule has 10 N–H and O–H groups in total. The number of methoxy groups -OCH3 is 1.